The first-order valence-electron chi connectivity index (χ1n) is 8.68. The summed E-state index contributed by atoms with van der Waals surface area (Å²) in [6.07, 6.45) is 2.01. The molecule has 2 aromatic rings. The highest BCUT2D eigenvalue weighted by Crippen LogP contribution is 2.26. The van der Waals surface area contributed by atoms with Crippen molar-refractivity contribution in [3.05, 3.63) is 64.1 Å². The number of carbonyl (C=O) groups excluding carboxylic acids is 1. The molecule has 27 heavy (non-hydrogen) atoms. The summed E-state index contributed by atoms with van der Waals surface area (Å²) in [6, 6.07) is 12.5. The van der Waals surface area contributed by atoms with Crippen LogP contribution in [0.2, 0.25) is 10.0 Å². The van der Waals surface area contributed by atoms with Crippen LogP contribution in [0.1, 0.15) is 24.8 Å². The maximum absolute atomic E-state index is 13.0. The Hall–Kier alpha value is -1.60. The molecule has 1 N–H and O–H groups in total. The number of carbonyl (C=O) groups is 1. The van der Waals surface area contributed by atoms with Gasteiger partial charge in [0.25, 0.3) is 0 Å². The SMILES string of the molecule is O=C(NCc1ccccc1Cl)[C@@H]1CCCCN1S(=O)(=O)c1ccc(Cl)cc1. The van der Waals surface area contributed by atoms with E-state index in [1.54, 1.807) is 6.07 Å². The van der Waals surface area contributed by atoms with Crippen LogP contribution in [-0.2, 0) is 21.4 Å². The Morgan fingerprint density at radius 3 is 2.48 bits per heavy atom. The van der Waals surface area contributed by atoms with Crippen molar-refractivity contribution in [3.63, 3.8) is 0 Å². The van der Waals surface area contributed by atoms with Crippen LogP contribution in [0, 0.1) is 0 Å². The molecule has 0 unspecified atom stereocenters. The van der Waals surface area contributed by atoms with Gasteiger partial charge in [-0.25, -0.2) is 8.42 Å². The quantitative estimate of drug-likeness (QED) is 0.788. The van der Waals surface area contributed by atoms with Crippen LogP contribution in [0.5, 0.6) is 0 Å². The van der Waals surface area contributed by atoms with E-state index in [4.69, 9.17) is 23.2 Å². The highest BCUT2D eigenvalue weighted by molar-refractivity contribution is 7.89. The molecule has 1 fully saturated rings. The number of halogens is 2. The van der Waals surface area contributed by atoms with Gasteiger partial charge in [0.15, 0.2) is 0 Å². The van der Waals surface area contributed by atoms with Crippen LogP contribution in [0.4, 0.5) is 0 Å². The fourth-order valence-corrected chi connectivity index (χ4v) is 5.12. The van der Waals surface area contributed by atoms with Crippen molar-refractivity contribution in [2.24, 2.45) is 0 Å². The number of hydrogen-bond donors (Lipinski definition) is 1. The lowest BCUT2D eigenvalue weighted by molar-refractivity contribution is -0.125. The van der Waals surface area contributed by atoms with E-state index in [1.807, 2.05) is 18.2 Å². The summed E-state index contributed by atoms with van der Waals surface area (Å²) in [5, 5.41) is 3.84. The third-order valence-electron chi connectivity index (χ3n) is 4.59. The largest absolute Gasteiger partial charge is 0.351 e. The maximum atomic E-state index is 13.0. The van der Waals surface area contributed by atoms with Gasteiger partial charge in [0.2, 0.25) is 15.9 Å². The minimum absolute atomic E-state index is 0.137. The fraction of sp³-hybridized carbons (Fsp3) is 0.316. The zero-order chi connectivity index (χ0) is 19.4. The molecule has 1 heterocycles. The summed E-state index contributed by atoms with van der Waals surface area (Å²) in [4.78, 5) is 12.9. The highest BCUT2D eigenvalue weighted by atomic mass is 35.5. The first-order chi connectivity index (χ1) is 12.9. The molecule has 1 aliphatic heterocycles. The number of hydrogen-bond acceptors (Lipinski definition) is 3. The minimum Gasteiger partial charge on any atom is -0.351 e. The van der Waals surface area contributed by atoms with E-state index in [9.17, 15) is 13.2 Å². The van der Waals surface area contributed by atoms with Crippen molar-refractivity contribution in [2.75, 3.05) is 6.54 Å². The first-order valence-corrected chi connectivity index (χ1v) is 10.9. The monoisotopic (exact) mass is 426 g/mol. The second kappa shape index (κ2) is 8.61. The van der Waals surface area contributed by atoms with Crippen LogP contribution in [0.25, 0.3) is 0 Å². The molecular weight excluding hydrogens is 407 g/mol. The van der Waals surface area contributed by atoms with E-state index < -0.39 is 16.1 Å². The van der Waals surface area contributed by atoms with Gasteiger partial charge in [-0.05, 0) is 48.7 Å². The van der Waals surface area contributed by atoms with Gasteiger partial charge in [0, 0.05) is 23.1 Å². The van der Waals surface area contributed by atoms with Crippen LogP contribution in [0.15, 0.2) is 53.4 Å². The fourth-order valence-electron chi connectivity index (χ4n) is 3.14. The van der Waals surface area contributed by atoms with E-state index in [0.717, 1.165) is 18.4 Å². The predicted molar refractivity (Wildman–Crippen MR) is 106 cm³/mol. The number of nitrogens with one attached hydrogen (secondary N) is 1. The summed E-state index contributed by atoms with van der Waals surface area (Å²) in [5.41, 5.74) is 0.787. The van der Waals surface area contributed by atoms with E-state index >= 15 is 0 Å². The highest BCUT2D eigenvalue weighted by Gasteiger charge is 2.37. The summed E-state index contributed by atoms with van der Waals surface area (Å²) >= 11 is 12.0. The number of amides is 1. The Bertz CT molecular complexity index is 917. The number of rotatable bonds is 5. The molecule has 5 nitrogen and oxygen atoms in total. The van der Waals surface area contributed by atoms with Crippen molar-refractivity contribution in [1.82, 2.24) is 9.62 Å². The average Bonchev–Trinajstić information content (AvgIpc) is 2.67. The van der Waals surface area contributed by atoms with Gasteiger partial charge in [-0.15, -0.1) is 0 Å². The maximum Gasteiger partial charge on any atom is 0.243 e. The Morgan fingerprint density at radius 1 is 1.07 bits per heavy atom. The molecule has 2 aromatic carbocycles. The zero-order valence-corrected chi connectivity index (χ0v) is 16.9. The number of nitrogens with zero attached hydrogens (tertiary/aromatic N) is 1. The predicted octanol–water partition coefficient (Wildman–Crippen LogP) is 3.85. The molecule has 0 saturated carbocycles. The van der Waals surface area contributed by atoms with Gasteiger partial charge in [-0.2, -0.15) is 4.31 Å². The smallest absolute Gasteiger partial charge is 0.243 e. The summed E-state index contributed by atoms with van der Waals surface area (Å²) in [7, 11) is -3.78. The van der Waals surface area contributed by atoms with Crippen molar-refractivity contribution >= 4 is 39.1 Å². The van der Waals surface area contributed by atoms with E-state index in [0.29, 0.717) is 23.0 Å². The molecule has 0 spiro atoms. The molecule has 0 aliphatic carbocycles. The molecule has 8 heteroatoms. The number of benzene rings is 2. The van der Waals surface area contributed by atoms with Crippen LogP contribution in [-0.4, -0.2) is 31.2 Å². The average molecular weight is 427 g/mol. The molecule has 1 amide bonds. The minimum atomic E-state index is -3.78. The van der Waals surface area contributed by atoms with Gasteiger partial charge in [-0.1, -0.05) is 47.8 Å². The van der Waals surface area contributed by atoms with Gasteiger partial charge in [0.1, 0.15) is 6.04 Å². The molecule has 0 bridgehead atoms. The van der Waals surface area contributed by atoms with Gasteiger partial charge in [-0.3, -0.25) is 4.79 Å². The summed E-state index contributed by atoms with van der Waals surface area (Å²) in [5.74, 6) is -0.313. The van der Waals surface area contributed by atoms with Crippen LogP contribution in [0.3, 0.4) is 0 Å². The van der Waals surface area contributed by atoms with Crippen molar-refractivity contribution in [3.8, 4) is 0 Å². The molecule has 0 radical (unpaired) electrons. The topological polar surface area (TPSA) is 66.5 Å². The van der Waals surface area contributed by atoms with Crippen molar-refractivity contribution in [1.29, 1.82) is 0 Å². The Balaban J connectivity index is 1.77. The lowest BCUT2D eigenvalue weighted by atomic mass is 10.0. The van der Waals surface area contributed by atoms with Gasteiger partial charge in [0.05, 0.1) is 4.90 Å². The molecular formula is C19H20Cl2N2O3S. The molecule has 1 aliphatic rings. The second-order valence-corrected chi connectivity index (χ2v) is 9.12. The Kier molecular flexibility index (Phi) is 6.42. The third-order valence-corrected chi connectivity index (χ3v) is 7.13. The van der Waals surface area contributed by atoms with Gasteiger partial charge >= 0.3 is 0 Å². The molecule has 0 aromatic heterocycles. The zero-order valence-electron chi connectivity index (χ0n) is 14.6. The normalized spacial score (nSPS) is 18.2. The van der Waals surface area contributed by atoms with Crippen molar-refractivity contribution in [2.45, 2.75) is 36.7 Å². The lowest BCUT2D eigenvalue weighted by Crippen LogP contribution is -2.51. The van der Waals surface area contributed by atoms with E-state index in [-0.39, 0.29) is 17.3 Å². The standard InChI is InChI=1S/C19H20Cl2N2O3S/c20-15-8-10-16(11-9-15)27(25,26)23-12-4-3-7-18(23)19(24)22-13-14-5-1-2-6-17(14)21/h1-2,5-6,8-11,18H,3-4,7,12-13H2,(H,22,24)/t18-/m0/s1. The number of piperidine rings is 1. The second-order valence-electron chi connectivity index (χ2n) is 6.39. The summed E-state index contributed by atoms with van der Waals surface area (Å²) < 4.78 is 27.3. The van der Waals surface area contributed by atoms with Gasteiger partial charge < -0.3 is 5.32 Å². The van der Waals surface area contributed by atoms with Crippen LogP contribution >= 0.6 is 23.2 Å². The Labute approximate surface area is 169 Å². The summed E-state index contributed by atoms with van der Waals surface area (Å²) in [6.45, 7) is 0.568. The third kappa shape index (κ3) is 4.63. The first kappa shape index (κ1) is 20.1. The molecule has 1 saturated heterocycles. The molecule has 144 valence electrons. The molecule has 1 atom stereocenters. The Morgan fingerprint density at radius 2 is 1.78 bits per heavy atom. The van der Waals surface area contributed by atoms with E-state index in [2.05, 4.69) is 5.32 Å². The van der Waals surface area contributed by atoms with Crippen LogP contribution < -0.4 is 5.32 Å². The molecule has 3 rings (SSSR count). The lowest BCUT2D eigenvalue weighted by Gasteiger charge is -2.33. The van der Waals surface area contributed by atoms with E-state index in [1.165, 1.54) is 28.6 Å². The number of sulfonamides is 1. The van der Waals surface area contributed by atoms with Crippen molar-refractivity contribution < 1.29 is 13.2 Å².